The number of rotatable bonds is 4. The Bertz CT molecular complexity index is 647. The number of aromatic nitrogens is 2. The molecule has 2 aromatic rings. The molecule has 0 amide bonds. The van der Waals surface area contributed by atoms with Gasteiger partial charge in [-0.25, -0.2) is 0 Å². The standard InChI is InChI=1S/C17H24N2O/c1-11(2)10-19-17(20)15(12(3)4)16(18-19)14-8-6-7-13(5)9-14/h6-9,11-12,18H,10H2,1-5H3. The van der Waals surface area contributed by atoms with Crippen LogP contribution in [0.1, 0.15) is 44.7 Å². The van der Waals surface area contributed by atoms with Gasteiger partial charge in [-0.1, -0.05) is 51.5 Å². The van der Waals surface area contributed by atoms with Gasteiger partial charge < -0.3 is 0 Å². The molecule has 2 rings (SSSR count). The van der Waals surface area contributed by atoms with Crippen LogP contribution in [0.15, 0.2) is 29.1 Å². The summed E-state index contributed by atoms with van der Waals surface area (Å²) in [6.07, 6.45) is 0. The third-order valence-corrected chi connectivity index (χ3v) is 3.42. The predicted molar refractivity (Wildman–Crippen MR) is 84.2 cm³/mol. The van der Waals surface area contributed by atoms with Crippen molar-refractivity contribution >= 4 is 0 Å². The molecular formula is C17H24N2O. The molecule has 0 aliphatic heterocycles. The van der Waals surface area contributed by atoms with Crippen LogP contribution in [0.5, 0.6) is 0 Å². The summed E-state index contributed by atoms with van der Waals surface area (Å²) in [6, 6.07) is 8.29. The van der Waals surface area contributed by atoms with Gasteiger partial charge in [0, 0.05) is 17.7 Å². The van der Waals surface area contributed by atoms with E-state index in [2.05, 4.69) is 57.9 Å². The van der Waals surface area contributed by atoms with E-state index in [0.717, 1.165) is 23.4 Å². The quantitative estimate of drug-likeness (QED) is 0.899. The van der Waals surface area contributed by atoms with Gasteiger partial charge in [0.05, 0.1) is 5.69 Å². The lowest BCUT2D eigenvalue weighted by Crippen LogP contribution is -2.22. The largest absolute Gasteiger partial charge is 0.295 e. The summed E-state index contributed by atoms with van der Waals surface area (Å²) in [7, 11) is 0. The maximum atomic E-state index is 12.6. The molecule has 1 aromatic heterocycles. The van der Waals surface area contributed by atoms with Gasteiger partial charge in [0.25, 0.3) is 5.56 Å². The number of aromatic amines is 1. The minimum absolute atomic E-state index is 0.116. The highest BCUT2D eigenvalue weighted by atomic mass is 16.1. The number of benzene rings is 1. The van der Waals surface area contributed by atoms with Crippen molar-refractivity contribution in [2.24, 2.45) is 5.92 Å². The summed E-state index contributed by atoms with van der Waals surface area (Å²) < 4.78 is 1.75. The molecule has 0 atom stereocenters. The van der Waals surface area contributed by atoms with E-state index in [1.54, 1.807) is 4.68 Å². The van der Waals surface area contributed by atoms with Crippen LogP contribution >= 0.6 is 0 Å². The fourth-order valence-corrected chi connectivity index (χ4v) is 2.55. The normalized spacial score (nSPS) is 11.6. The van der Waals surface area contributed by atoms with E-state index in [-0.39, 0.29) is 11.5 Å². The first kappa shape index (κ1) is 14.6. The van der Waals surface area contributed by atoms with E-state index < -0.39 is 0 Å². The molecule has 0 aliphatic rings. The summed E-state index contributed by atoms with van der Waals surface area (Å²) in [4.78, 5) is 12.6. The highest BCUT2D eigenvalue weighted by Crippen LogP contribution is 2.25. The van der Waals surface area contributed by atoms with Gasteiger partial charge in [-0.05, 0) is 24.8 Å². The van der Waals surface area contributed by atoms with Crippen molar-refractivity contribution in [1.29, 1.82) is 0 Å². The molecule has 20 heavy (non-hydrogen) atoms. The minimum atomic E-state index is 0.116. The summed E-state index contributed by atoms with van der Waals surface area (Å²) in [5, 5.41) is 3.31. The fraction of sp³-hybridized carbons (Fsp3) is 0.471. The van der Waals surface area contributed by atoms with Gasteiger partial charge in [0.15, 0.2) is 0 Å². The third kappa shape index (κ3) is 2.87. The van der Waals surface area contributed by atoms with Gasteiger partial charge in [-0.2, -0.15) is 0 Å². The molecule has 1 aromatic carbocycles. The van der Waals surface area contributed by atoms with Crippen molar-refractivity contribution in [2.75, 3.05) is 0 Å². The van der Waals surface area contributed by atoms with E-state index in [4.69, 9.17) is 0 Å². The molecule has 1 N–H and O–H groups in total. The monoisotopic (exact) mass is 272 g/mol. The Labute approximate surface area is 120 Å². The van der Waals surface area contributed by atoms with Crippen molar-refractivity contribution in [1.82, 2.24) is 9.78 Å². The van der Waals surface area contributed by atoms with Crippen LogP contribution in [0.25, 0.3) is 11.3 Å². The highest BCUT2D eigenvalue weighted by Gasteiger charge is 2.18. The second-order valence-electron chi connectivity index (χ2n) is 6.23. The minimum Gasteiger partial charge on any atom is -0.295 e. The van der Waals surface area contributed by atoms with Gasteiger partial charge in [-0.3, -0.25) is 14.6 Å². The van der Waals surface area contributed by atoms with E-state index >= 15 is 0 Å². The first-order valence-corrected chi connectivity index (χ1v) is 7.30. The van der Waals surface area contributed by atoms with Crippen LogP contribution in [-0.4, -0.2) is 9.78 Å². The van der Waals surface area contributed by atoms with Crippen molar-refractivity contribution in [3.63, 3.8) is 0 Å². The molecule has 3 nitrogen and oxygen atoms in total. The molecule has 3 heteroatoms. The fourth-order valence-electron chi connectivity index (χ4n) is 2.55. The van der Waals surface area contributed by atoms with E-state index in [1.165, 1.54) is 5.56 Å². The number of aryl methyl sites for hydroxylation is 1. The maximum Gasteiger partial charge on any atom is 0.270 e. The Morgan fingerprint density at radius 1 is 1.20 bits per heavy atom. The zero-order valence-corrected chi connectivity index (χ0v) is 13.0. The van der Waals surface area contributed by atoms with Crippen LogP contribution in [-0.2, 0) is 6.54 Å². The molecule has 0 spiro atoms. The third-order valence-electron chi connectivity index (χ3n) is 3.42. The van der Waals surface area contributed by atoms with Crippen LogP contribution in [0, 0.1) is 12.8 Å². The van der Waals surface area contributed by atoms with Crippen molar-refractivity contribution in [2.45, 2.75) is 47.1 Å². The Morgan fingerprint density at radius 3 is 2.45 bits per heavy atom. The molecule has 1 heterocycles. The Kier molecular flexibility index (Phi) is 4.17. The summed E-state index contributed by atoms with van der Waals surface area (Å²) in [5.41, 5.74) is 4.26. The lowest BCUT2D eigenvalue weighted by atomic mass is 9.98. The first-order chi connectivity index (χ1) is 9.40. The summed E-state index contributed by atoms with van der Waals surface area (Å²) >= 11 is 0. The first-order valence-electron chi connectivity index (χ1n) is 7.30. The second-order valence-corrected chi connectivity index (χ2v) is 6.23. The molecular weight excluding hydrogens is 248 g/mol. The molecule has 0 bridgehead atoms. The Balaban J connectivity index is 2.60. The van der Waals surface area contributed by atoms with E-state index in [1.807, 2.05) is 6.07 Å². The predicted octanol–water partition coefficient (Wildman–Crippen LogP) is 3.93. The van der Waals surface area contributed by atoms with Crippen molar-refractivity contribution in [3.8, 4) is 11.3 Å². The van der Waals surface area contributed by atoms with Crippen molar-refractivity contribution in [3.05, 3.63) is 45.7 Å². The molecule has 0 unspecified atom stereocenters. The van der Waals surface area contributed by atoms with Crippen molar-refractivity contribution < 1.29 is 0 Å². The molecule has 0 saturated carbocycles. The van der Waals surface area contributed by atoms with E-state index in [0.29, 0.717) is 5.92 Å². The highest BCUT2D eigenvalue weighted by molar-refractivity contribution is 5.64. The number of H-pyrrole nitrogens is 1. The number of hydrogen-bond acceptors (Lipinski definition) is 1. The molecule has 0 saturated heterocycles. The van der Waals surface area contributed by atoms with Crippen LogP contribution in [0.3, 0.4) is 0 Å². The summed E-state index contributed by atoms with van der Waals surface area (Å²) in [5.74, 6) is 0.652. The van der Waals surface area contributed by atoms with E-state index in [9.17, 15) is 4.79 Å². The SMILES string of the molecule is Cc1cccc(-c2[nH]n(CC(C)C)c(=O)c2C(C)C)c1. The molecule has 0 radical (unpaired) electrons. The zero-order valence-electron chi connectivity index (χ0n) is 13.0. The average molecular weight is 272 g/mol. The number of nitrogens with zero attached hydrogens (tertiary/aromatic N) is 1. The lowest BCUT2D eigenvalue weighted by molar-refractivity contribution is 0.473. The van der Waals surface area contributed by atoms with Crippen LogP contribution < -0.4 is 5.56 Å². The Hall–Kier alpha value is -1.77. The number of nitrogens with one attached hydrogen (secondary N) is 1. The zero-order chi connectivity index (χ0) is 14.9. The topological polar surface area (TPSA) is 37.8 Å². The molecule has 0 aliphatic carbocycles. The van der Waals surface area contributed by atoms with Gasteiger partial charge in [0.1, 0.15) is 0 Å². The maximum absolute atomic E-state index is 12.6. The average Bonchev–Trinajstić information content (AvgIpc) is 2.66. The second kappa shape index (κ2) is 5.70. The summed E-state index contributed by atoms with van der Waals surface area (Å²) in [6.45, 7) is 11.2. The van der Waals surface area contributed by atoms with Crippen LogP contribution in [0.4, 0.5) is 0 Å². The van der Waals surface area contributed by atoms with Crippen LogP contribution in [0.2, 0.25) is 0 Å². The molecule has 108 valence electrons. The molecule has 0 fully saturated rings. The van der Waals surface area contributed by atoms with Gasteiger partial charge in [-0.15, -0.1) is 0 Å². The van der Waals surface area contributed by atoms with Gasteiger partial charge >= 0.3 is 0 Å². The Morgan fingerprint density at radius 2 is 1.90 bits per heavy atom. The lowest BCUT2D eigenvalue weighted by Gasteiger charge is -2.06. The number of hydrogen-bond donors (Lipinski definition) is 1. The van der Waals surface area contributed by atoms with Gasteiger partial charge in [0.2, 0.25) is 0 Å². The smallest absolute Gasteiger partial charge is 0.270 e.